The summed E-state index contributed by atoms with van der Waals surface area (Å²) in [6, 6.07) is 5.53. The fraction of sp³-hybridized carbons (Fsp3) is 0.333. The molecule has 0 amide bonds. The minimum Gasteiger partial charge on any atom is -0.475 e. The Kier molecular flexibility index (Phi) is 6.32. The molecule has 1 aromatic carbocycles. The first-order chi connectivity index (χ1) is 8.70. The van der Waals surface area contributed by atoms with Crippen LogP contribution in [0.2, 0.25) is 5.28 Å². The van der Waals surface area contributed by atoms with E-state index in [0.29, 0.717) is 11.4 Å². The minimum atomic E-state index is -0.0698. The molecule has 0 aliphatic heterocycles. The summed E-state index contributed by atoms with van der Waals surface area (Å²) in [7, 11) is 0. The molecule has 0 aliphatic carbocycles. The number of halogens is 2. The standard InChI is InChI=1S/C10H8BrClN2O2.C2H6/c11-6-1-2-7-8(5-6)13-10(12)14-9(7)16-4-3-15;1-2/h1-2,5,15H,3-4H2;1-2H3. The van der Waals surface area contributed by atoms with Gasteiger partial charge in [0.2, 0.25) is 11.2 Å². The van der Waals surface area contributed by atoms with Crippen LogP contribution in [0.25, 0.3) is 10.9 Å². The predicted molar refractivity (Wildman–Crippen MR) is 76.2 cm³/mol. The molecule has 0 atom stereocenters. The van der Waals surface area contributed by atoms with Crippen LogP contribution in [0.15, 0.2) is 22.7 Å². The molecule has 0 spiro atoms. The fourth-order valence-corrected chi connectivity index (χ4v) is 1.82. The lowest BCUT2D eigenvalue weighted by Crippen LogP contribution is -2.04. The van der Waals surface area contributed by atoms with Gasteiger partial charge >= 0.3 is 0 Å². The summed E-state index contributed by atoms with van der Waals surface area (Å²) in [5.74, 6) is 0.386. The summed E-state index contributed by atoms with van der Waals surface area (Å²) in [5, 5.41) is 9.59. The third-order valence-corrected chi connectivity index (χ3v) is 2.59. The summed E-state index contributed by atoms with van der Waals surface area (Å²) < 4.78 is 6.19. The number of rotatable bonds is 3. The summed E-state index contributed by atoms with van der Waals surface area (Å²) in [5.41, 5.74) is 0.697. The van der Waals surface area contributed by atoms with Gasteiger partial charge in [0.15, 0.2) is 0 Å². The molecule has 18 heavy (non-hydrogen) atoms. The van der Waals surface area contributed by atoms with Crippen LogP contribution in [0.5, 0.6) is 5.88 Å². The Morgan fingerprint density at radius 2 is 2.06 bits per heavy atom. The number of aliphatic hydroxyl groups is 1. The topological polar surface area (TPSA) is 55.2 Å². The highest BCUT2D eigenvalue weighted by Gasteiger charge is 2.07. The number of hydrogen-bond donors (Lipinski definition) is 1. The highest BCUT2D eigenvalue weighted by molar-refractivity contribution is 9.10. The summed E-state index contributed by atoms with van der Waals surface area (Å²) >= 11 is 9.12. The van der Waals surface area contributed by atoms with Gasteiger partial charge in [-0.1, -0.05) is 29.8 Å². The van der Waals surface area contributed by atoms with E-state index in [-0.39, 0.29) is 18.5 Å². The van der Waals surface area contributed by atoms with Crippen LogP contribution < -0.4 is 4.74 Å². The molecule has 0 saturated carbocycles. The molecule has 4 nitrogen and oxygen atoms in total. The van der Waals surface area contributed by atoms with Gasteiger partial charge in [-0.15, -0.1) is 0 Å². The van der Waals surface area contributed by atoms with Crippen LogP contribution in [0.4, 0.5) is 0 Å². The lowest BCUT2D eigenvalue weighted by atomic mass is 10.2. The molecule has 2 aromatic rings. The molecule has 0 radical (unpaired) electrons. The van der Waals surface area contributed by atoms with Crippen LogP contribution in [-0.4, -0.2) is 28.3 Å². The molecular weight excluding hydrogens is 320 g/mol. The van der Waals surface area contributed by atoms with Crippen molar-refractivity contribution in [2.24, 2.45) is 0 Å². The van der Waals surface area contributed by atoms with E-state index in [2.05, 4.69) is 25.9 Å². The number of ether oxygens (including phenoxy) is 1. The van der Waals surface area contributed by atoms with E-state index in [9.17, 15) is 0 Å². The van der Waals surface area contributed by atoms with Gasteiger partial charge in [-0.2, -0.15) is 4.98 Å². The summed E-state index contributed by atoms with van der Waals surface area (Å²) in [6.07, 6.45) is 0. The quantitative estimate of drug-likeness (QED) is 0.874. The van der Waals surface area contributed by atoms with Crippen molar-refractivity contribution < 1.29 is 9.84 Å². The van der Waals surface area contributed by atoms with Gasteiger partial charge < -0.3 is 9.84 Å². The van der Waals surface area contributed by atoms with Gasteiger partial charge in [-0.05, 0) is 29.8 Å². The molecule has 6 heteroatoms. The SMILES string of the molecule is CC.OCCOc1nc(Cl)nc2cc(Br)ccc12. The zero-order valence-corrected chi connectivity index (χ0v) is 12.5. The van der Waals surface area contributed by atoms with E-state index in [1.807, 2.05) is 32.0 Å². The van der Waals surface area contributed by atoms with E-state index >= 15 is 0 Å². The molecule has 2 rings (SSSR count). The smallest absolute Gasteiger partial charge is 0.226 e. The summed E-state index contributed by atoms with van der Waals surface area (Å²) in [6.45, 7) is 4.11. The van der Waals surface area contributed by atoms with Gasteiger partial charge in [0, 0.05) is 4.47 Å². The van der Waals surface area contributed by atoms with Crippen LogP contribution >= 0.6 is 27.5 Å². The van der Waals surface area contributed by atoms with E-state index in [1.54, 1.807) is 0 Å². The Hall–Kier alpha value is -0.910. The van der Waals surface area contributed by atoms with Crippen LogP contribution in [0, 0.1) is 0 Å². The lowest BCUT2D eigenvalue weighted by molar-refractivity contribution is 0.198. The Labute approximate surface area is 119 Å². The van der Waals surface area contributed by atoms with Crippen LogP contribution in [0.1, 0.15) is 13.8 Å². The molecule has 0 fully saturated rings. The minimum absolute atomic E-state index is 0.0698. The second kappa shape index (κ2) is 7.51. The van der Waals surface area contributed by atoms with Gasteiger partial charge in [-0.25, -0.2) is 4.98 Å². The maximum Gasteiger partial charge on any atom is 0.226 e. The van der Waals surface area contributed by atoms with Crippen molar-refractivity contribution in [3.8, 4) is 5.88 Å². The first kappa shape index (κ1) is 15.1. The number of benzene rings is 1. The molecule has 0 saturated heterocycles. The van der Waals surface area contributed by atoms with Gasteiger partial charge in [0.1, 0.15) is 6.61 Å². The average Bonchev–Trinajstić information content (AvgIpc) is 2.37. The molecule has 0 unspecified atom stereocenters. The average molecular weight is 334 g/mol. The van der Waals surface area contributed by atoms with Crippen molar-refractivity contribution in [3.05, 3.63) is 28.0 Å². The fourth-order valence-electron chi connectivity index (χ4n) is 1.30. The van der Waals surface area contributed by atoms with Crippen molar-refractivity contribution in [3.63, 3.8) is 0 Å². The maximum atomic E-state index is 8.70. The van der Waals surface area contributed by atoms with E-state index in [4.69, 9.17) is 21.4 Å². The number of fused-ring (bicyclic) bond motifs is 1. The monoisotopic (exact) mass is 332 g/mol. The van der Waals surface area contributed by atoms with Crippen molar-refractivity contribution >= 4 is 38.4 Å². The zero-order chi connectivity index (χ0) is 13.5. The number of nitrogens with zero attached hydrogens (tertiary/aromatic N) is 2. The van der Waals surface area contributed by atoms with Gasteiger partial charge in [0.05, 0.1) is 17.5 Å². The molecule has 0 bridgehead atoms. The number of hydrogen-bond acceptors (Lipinski definition) is 4. The first-order valence-corrected chi connectivity index (χ1v) is 6.74. The molecular formula is C12H14BrClN2O2. The summed E-state index contributed by atoms with van der Waals surface area (Å²) in [4.78, 5) is 8.06. The Bertz CT molecular complexity index is 517. The van der Waals surface area contributed by atoms with Crippen LogP contribution in [-0.2, 0) is 0 Å². The normalized spacial score (nSPS) is 9.83. The lowest BCUT2D eigenvalue weighted by Gasteiger charge is -2.07. The largest absolute Gasteiger partial charge is 0.475 e. The molecule has 0 aliphatic rings. The Morgan fingerprint density at radius 1 is 1.33 bits per heavy atom. The van der Waals surface area contributed by atoms with E-state index in [1.165, 1.54) is 0 Å². The maximum absolute atomic E-state index is 8.70. The van der Waals surface area contributed by atoms with Gasteiger partial charge in [0.25, 0.3) is 0 Å². The van der Waals surface area contributed by atoms with Gasteiger partial charge in [-0.3, -0.25) is 0 Å². The number of aromatic nitrogens is 2. The second-order valence-corrected chi connectivity index (χ2v) is 4.29. The first-order valence-electron chi connectivity index (χ1n) is 5.57. The van der Waals surface area contributed by atoms with Crippen molar-refractivity contribution in [2.75, 3.05) is 13.2 Å². The van der Waals surface area contributed by atoms with E-state index in [0.717, 1.165) is 9.86 Å². The van der Waals surface area contributed by atoms with Crippen molar-refractivity contribution in [1.29, 1.82) is 0 Å². The van der Waals surface area contributed by atoms with Crippen molar-refractivity contribution in [1.82, 2.24) is 9.97 Å². The highest BCUT2D eigenvalue weighted by Crippen LogP contribution is 2.26. The third kappa shape index (κ3) is 3.80. The Morgan fingerprint density at radius 3 is 2.72 bits per heavy atom. The number of aliphatic hydroxyl groups excluding tert-OH is 1. The molecule has 1 heterocycles. The predicted octanol–water partition coefficient (Wildman–Crippen LogP) is 3.44. The molecule has 98 valence electrons. The second-order valence-electron chi connectivity index (χ2n) is 3.03. The molecule has 1 N–H and O–H groups in total. The van der Waals surface area contributed by atoms with E-state index < -0.39 is 0 Å². The Balaban J connectivity index is 0.000000771. The molecule has 1 aromatic heterocycles. The van der Waals surface area contributed by atoms with Crippen LogP contribution in [0.3, 0.4) is 0 Å². The third-order valence-electron chi connectivity index (χ3n) is 1.93. The highest BCUT2D eigenvalue weighted by atomic mass is 79.9. The zero-order valence-electron chi connectivity index (χ0n) is 10.2. The van der Waals surface area contributed by atoms with Crippen molar-refractivity contribution in [2.45, 2.75) is 13.8 Å².